The molecule has 24 heavy (non-hydrogen) atoms. The highest BCUT2D eigenvalue weighted by molar-refractivity contribution is 6.04. The Balaban J connectivity index is 1.47. The summed E-state index contributed by atoms with van der Waals surface area (Å²) in [4.78, 5) is 43.2. The minimum atomic E-state index is -0.598. The number of rotatable bonds is 4. The summed E-state index contributed by atoms with van der Waals surface area (Å²) in [6, 6.07) is 2.91. The molecule has 0 spiro atoms. The topological polar surface area (TPSA) is 94.6 Å². The molecule has 3 rings (SSSR count). The minimum absolute atomic E-state index is 0.0146. The molecule has 0 saturated carbocycles. The standard InChI is InChI=1S/C16H21N5O3/c1-11-4-5-17-13(10-11)20-6-8-21(9-7-20)14(22)3-2-12-15(23)19-16(24)18-12/h4-5,10,12H,2-3,6-9H2,1H3,(H2,18,19,23,24)/t12-/m0/s1. The summed E-state index contributed by atoms with van der Waals surface area (Å²) in [5.41, 5.74) is 1.16. The normalized spacial score (nSPS) is 20.8. The van der Waals surface area contributed by atoms with Crippen molar-refractivity contribution < 1.29 is 14.4 Å². The zero-order chi connectivity index (χ0) is 17.1. The van der Waals surface area contributed by atoms with Gasteiger partial charge in [-0.25, -0.2) is 9.78 Å². The Morgan fingerprint density at radius 3 is 2.67 bits per heavy atom. The molecule has 128 valence electrons. The van der Waals surface area contributed by atoms with Crippen molar-refractivity contribution in [3.63, 3.8) is 0 Å². The van der Waals surface area contributed by atoms with Crippen LogP contribution in [-0.4, -0.2) is 60.0 Å². The van der Waals surface area contributed by atoms with Crippen LogP contribution in [0.1, 0.15) is 18.4 Å². The van der Waals surface area contributed by atoms with Gasteiger partial charge in [-0.05, 0) is 31.0 Å². The van der Waals surface area contributed by atoms with Crippen molar-refractivity contribution in [3.05, 3.63) is 23.9 Å². The van der Waals surface area contributed by atoms with Crippen LogP contribution in [0.15, 0.2) is 18.3 Å². The smallest absolute Gasteiger partial charge is 0.322 e. The number of aryl methyl sites for hydroxylation is 1. The number of nitrogens with one attached hydrogen (secondary N) is 2. The van der Waals surface area contributed by atoms with Crippen molar-refractivity contribution in [1.29, 1.82) is 0 Å². The molecule has 1 aromatic heterocycles. The molecule has 0 radical (unpaired) electrons. The monoisotopic (exact) mass is 331 g/mol. The van der Waals surface area contributed by atoms with Crippen molar-refractivity contribution in [3.8, 4) is 0 Å². The van der Waals surface area contributed by atoms with E-state index in [4.69, 9.17) is 0 Å². The Kier molecular flexibility index (Phi) is 4.64. The van der Waals surface area contributed by atoms with Gasteiger partial charge in [0.15, 0.2) is 0 Å². The highest BCUT2D eigenvalue weighted by atomic mass is 16.2. The molecule has 0 bridgehead atoms. The lowest BCUT2D eigenvalue weighted by Crippen LogP contribution is -2.49. The second kappa shape index (κ2) is 6.86. The number of carbonyl (C=O) groups excluding carboxylic acids is 3. The number of amides is 4. The van der Waals surface area contributed by atoms with E-state index in [0.29, 0.717) is 19.5 Å². The lowest BCUT2D eigenvalue weighted by atomic mass is 10.1. The van der Waals surface area contributed by atoms with E-state index in [1.165, 1.54) is 0 Å². The van der Waals surface area contributed by atoms with Crippen molar-refractivity contribution in [2.24, 2.45) is 0 Å². The van der Waals surface area contributed by atoms with E-state index in [-0.39, 0.29) is 18.2 Å². The molecular weight excluding hydrogens is 310 g/mol. The summed E-state index contributed by atoms with van der Waals surface area (Å²) < 4.78 is 0. The molecule has 0 unspecified atom stereocenters. The van der Waals surface area contributed by atoms with E-state index in [9.17, 15) is 14.4 Å². The molecule has 2 N–H and O–H groups in total. The first-order chi connectivity index (χ1) is 11.5. The van der Waals surface area contributed by atoms with Crippen LogP contribution in [0, 0.1) is 6.92 Å². The number of anilines is 1. The van der Waals surface area contributed by atoms with Crippen molar-refractivity contribution in [2.45, 2.75) is 25.8 Å². The Labute approximate surface area is 140 Å². The Morgan fingerprint density at radius 1 is 1.29 bits per heavy atom. The van der Waals surface area contributed by atoms with Crippen molar-refractivity contribution in [1.82, 2.24) is 20.5 Å². The minimum Gasteiger partial charge on any atom is -0.353 e. The molecule has 8 nitrogen and oxygen atoms in total. The molecule has 0 aliphatic carbocycles. The van der Waals surface area contributed by atoms with Gasteiger partial charge in [0.05, 0.1) is 0 Å². The number of hydrogen-bond acceptors (Lipinski definition) is 5. The number of pyridine rings is 1. The van der Waals surface area contributed by atoms with Gasteiger partial charge >= 0.3 is 6.03 Å². The predicted octanol–water partition coefficient (Wildman–Crippen LogP) is 0.0268. The Morgan fingerprint density at radius 2 is 2.04 bits per heavy atom. The predicted molar refractivity (Wildman–Crippen MR) is 87.5 cm³/mol. The summed E-state index contributed by atoms with van der Waals surface area (Å²) >= 11 is 0. The van der Waals surface area contributed by atoms with Gasteiger partial charge in [-0.3, -0.25) is 14.9 Å². The molecule has 2 aliphatic rings. The number of urea groups is 1. The van der Waals surface area contributed by atoms with Crippen molar-refractivity contribution in [2.75, 3.05) is 31.1 Å². The maximum atomic E-state index is 12.3. The van der Waals surface area contributed by atoms with Gasteiger partial charge in [0.1, 0.15) is 11.9 Å². The summed E-state index contributed by atoms with van der Waals surface area (Å²) in [6.07, 6.45) is 2.38. The lowest BCUT2D eigenvalue weighted by molar-refractivity contribution is -0.131. The SMILES string of the molecule is Cc1ccnc(N2CCN(C(=O)CC[C@@H]3NC(=O)NC3=O)CC2)c1. The molecule has 8 heteroatoms. The van der Waals surface area contributed by atoms with Crippen LogP contribution in [0.3, 0.4) is 0 Å². The molecule has 2 saturated heterocycles. The maximum Gasteiger partial charge on any atom is 0.322 e. The molecule has 1 aromatic rings. The first-order valence-corrected chi connectivity index (χ1v) is 8.09. The molecule has 0 aromatic carbocycles. The van der Waals surface area contributed by atoms with Gasteiger partial charge in [0, 0.05) is 38.8 Å². The summed E-state index contributed by atoms with van der Waals surface area (Å²) in [7, 11) is 0. The maximum absolute atomic E-state index is 12.3. The zero-order valence-corrected chi connectivity index (χ0v) is 13.6. The first kappa shape index (κ1) is 16.2. The van der Waals surface area contributed by atoms with Gasteiger partial charge in [-0.1, -0.05) is 0 Å². The van der Waals surface area contributed by atoms with E-state index in [2.05, 4.69) is 20.5 Å². The second-order valence-corrected chi connectivity index (χ2v) is 6.11. The van der Waals surface area contributed by atoms with E-state index >= 15 is 0 Å². The third-order valence-electron chi connectivity index (χ3n) is 4.36. The quantitative estimate of drug-likeness (QED) is 0.759. The highest BCUT2D eigenvalue weighted by Crippen LogP contribution is 2.15. The second-order valence-electron chi connectivity index (χ2n) is 6.11. The van der Waals surface area contributed by atoms with E-state index in [1.807, 2.05) is 19.1 Å². The third kappa shape index (κ3) is 3.64. The van der Waals surface area contributed by atoms with Gasteiger partial charge in [0.25, 0.3) is 5.91 Å². The number of hydrogen-bond donors (Lipinski definition) is 2. The fourth-order valence-corrected chi connectivity index (χ4v) is 2.97. The molecule has 3 heterocycles. The zero-order valence-electron chi connectivity index (χ0n) is 13.6. The fourth-order valence-electron chi connectivity index (χ4n) is 2.97. The van der Waals surface area contributed by atoms with Crippen LogP contribution >= 0.6 is 0 Å². The van der Waals surface area contributed by atoms with Crippen LogP contribution in [0.5, 0.6) is 0 Å². The van der Waals surface area contributed by atoms with Crippen LogP contribution in [0.25, 0.3) is 0 Å². The average molecular weight is 331 g/mol. The van der Waals surface area contributed by atoms with Crippen LogP contribution in [0.2, 0.25) is 0 Å². The summed E-state index contributed by atoms with van der Waals surface area (Å²) in [5.74, 6) is 0.594. The Hall–Kier alpha value is -2.64. The highest BCUT2D eigenvalue weighted by Gasteiger charge is 2.30. The lowest BCUT2D eigenvalue weighted by Gasteiger charge is -2.35. The van der Waals surface area contributed by atoms with Gasteiger partial charge in [0.2, 0.25) is 5.91 Å². The van der Waals surface area contributed by atoms with E-state index in [1.54, 1.807) is 11.1 Å². The molecule has 2 aliphatic heterocycles. The summed E-state index contributed by atoms with van der Waals surface area (Å²) in [5, 5.41) is 4.68. The largest absolute Gasteiger partial charge is 0.353 e. The number of aromatic nitrogens is 1. The van der Waals surface area contributed by atoms with Gasteiger partial charge in [-0.15, -0.1) is 0 Å². The average Bonchev–Trinajstić information content (AvgIpc) is 2.90. The number of nitrogens with zero attached hydrogens (tertiary/aromatic N) is 3. The van der Waals surface area contributed by atoms with Crippen LogP contribution in [-0.2, 0) is 9.59 Å². The molecule has 2 fully saturated rings. The van der Waals surface area contributed by atoms with E-state index < -0.39 is 12.1 Å². The molecular formula is C16H21N5O3. The van der Waals surface area contributed by atoms with E-state index in [0.717, 1.165) is 24.5 Å². The van der Waals surface area contributed by atoms with Crippen LogP contribution < -0.4 is 15.5 Å². The first-order valence-electron chi connectivity index (χ1n) is 8.09. The number of carbonyl (C=O) groups is 3. The molecule has 4 amide bonds. The molecule has 1 atom stereocenters. The van der Waals surface area contributed by atoms with Crippen LogP contribution in [0.4, 0.5) is 10.6 Å². The number of piperazine rings is 1. The van der Waals surface area contributed by atoms with Crippen molar-refractivity contribution >= 4 is 23.7 Å². The fraction of sp³-hybridized carbons (Fsp3) is 0.500. The Bertz CT molecular complexity index is 655. The van der Waals surface area contributed by atoms with Gasteiger partial charge in [-0.2, -0.15) is 0 Å². The van der Waals surface area contributed by atoms with Gasteiger partial charge < -0.3 is 15.1 Å². The summed E-state index contributed by atoms with van der Waals surface area (Å²) in [6.45, 7) is 4.78. The number of imide groups is 1. The third-order valence-corrected chi connectivity index (χ3v) is 4.36.